The molecule has 0 spiro atoms. The van der Waals surface area contributed by atoms with E-state index in [0.717, 1.165) is 33.6 Å². The van der Waals surface area contributed by atoms with Gasteiger partial charge in [-0.3, -0.25) is 14.5 Å². The van der Waals surface area contributed by atoms with Gasteiger partial charge in [0, 0.05) is 11.4 Å². The number of benzene rings is 2. The van der Waals surface area contributed by atoms with Gasteiger partial charge in [-0.15, -0.1) is 0 Å². The van der Waals surface area contributed by atoms with E-state index in [2.05, 4.69) is 34.9 Å². The summed E-state index contributed by atoms with van der Waals surface area (Å²) in [5, 5.41) is 6.01. The number of anilines is 2. The topological polar surface area (TPSA) is 61.4 Å². The number of nitrogens with zero attached hydrogens (tertiary/aromatic N) is 1. The Morgan fingerprint density at radius 3 is 1.59 bits per heavy atom. The first-order valence-corrected chi connectivity index (χ1v) is 9.96. The van der Waals surface area contributed by atoms with Crippen molar-refractivity contribution in [3.63, 3.8) is 0 Å². The van der Waals surface area contributed by atoms with Crippen LogP contribution in [0.15, 0.2) is 24.3 Å². The molecule has 0 aliphatic heterocycles. The van der Waals surface area contributed by atoms with Gasteiger partial charge >= 0.3 is 0 Å². The van der Waals surface area contributed by atoms with Crippen molar-refractivity contribution in [2.24, 2.45) is 0 Å². The molecule has 0 unspecified atom stereocenters. The van der Waals surface area contributed by atoms with Crippen molar-refractivity contribution in [1.82, 2.24) is 4.90 Å². The fraction of sp³-hybridized carbons (Fsp3) is 0.417. The molecule has 0 aromatic heterocycles. The van der Waals surface area contributed by atoms with E-state index in [1.54, 1.807) is 11.9 Å². The van der Waals surface area contributed by atoms with E-state index in [0.29, 0.717) is 0 Å². The minimum absolute atomic E-state index is 0.127. The largest absolute Gasteiger partial charge is 0.324 e. The SMILES string of the molecule is Cc1cc(C)c(NC(=O)CN(C)[C@@H](C)C(=O)Nc2c(C)cc(C)cc2C)c(C)c1. The van der Waals surface area contributed by atoms with Crippen LogP contribution in [-0.2, 0) is 9.59 Å². The minimum Gasteiger partial charge on any atom is -0.324 e. The van der Waals surface area contributed by atoms with Crippen molar-refractivity contribution in [3.8, 4) is 0 Å². The number of amides is 2. The van der Waals surface area contributed by atoms with E-state index in [4.69, 9.17) is 0 Å². The number of carbonyl (C=O) groups excluding carboxylic acids is 2. The number of hydrogen-bond acceptors (Lipinski definition) is 3. The van der Waals surface area contributed by atoms with Gasteiger partial charge in [0.1, 0.15) is 0 Å². The Balaban J connectivity index is 2.02. The van der Waals surface area contributed by atoms with E-state index >= 15 is 0 Å². The standard InChI is InChI=1S/C24H33N3O2/c1-14-9-16(3)22(17(4)10-14)25-21(28)13-27(8)20(7)24(29)26-23-18(5)11-15(2)12-19(23)6/h9-12,20H,13H2,1-8H3,(H,25,28)(H,26,29)/t20-/m0/s1. The average Bonchev–Trinajstić information content (AvgIpc) is 2.60. The number of likely N-dealkylation sites (N-methyl/N-ethyl adjacent to an activating group) is 1. The smallest absolute Gasteiger partial charge is 0.241 e. The molecule has 29 heavy (non-hydrogen) atoms. The molecular formula is C24H33N3O2. The van der Waals surface area contributed by atoms with Crippen molar-refractivity contribution in [3.05, 3.63) is 57.6 Å². The lowest BCUT2D eigenvalue weighted by Crippen LogP contribution is -2.43. The van der Waals surface area contributed by atoms with Gasteiger partial charge < -0.3 is 10.6 Å². The van der Waals surface area contributed by atoms with Gasteiger partial charge in [0.25, 0.3) is 0 Å². The highest BCUT2D eigenvalue weighted by Crippen LogP contribution is 2.23. The quantitative estimate of drug-likeness (QED) is 0.760. The molecule has 0 fully saturated rings. The molecule has 2 amide bonds. The van der Waals surface area contributed by atoms with Gasteiger partial charge in [0.2, 0.25) is 11.8 Å². The Kier molecular flexibility index (Phi) is 7.20. The third-order valence-electron chi connectivity index (χ3n) is 5.30. The zero-order chi connectivity index (χ0) is 21.9. The summed E-state index contributed by atoms with van der Waals surface area (Å²) >= 11 is 0. The molecule has 2 rings (SSSR count). The monoisotopic (exact) mass is 395 g/mol. The van der Waals surface area contributed by atoms with Crippen LogP contribution in [0.25, 0.3) is 0 Å². The molecule has 0 bridgehead atoms. The van der Waals surface area contributed by atoms with Crippen LogP contribution in [0.5, 0.6) is 0 Å². The molecule has 0 aliphatic carbocycles. The van der Waals surface area contributed by atoms with E-state index in [1.807, 2.05) is 48.5 Å². The maximum atomic E-state index is 12.7. The zero-order valence-electron chi connectivity index (χ0n) is 18.9. The summed E-state index contributed by atoms with van der Waals surface area (Å²) in [5.74, 6) is -0.261. The lowest BCUT2D eigenvalue weighted by atomic mass is 10.0. The van der Waals surface area contributed by atoms with Crippen LogP contribution in [0, 0.1) is 41.5 Å². The molecule has 156 valence electrons. The first-order chi connectivity index (χ1) is 13.5. The number of carbonyl (C=O) groups is 2. The van der Waals surface area contributed by atoms with Crippen molar-refractivity contribution in [2.45, 2.75) is 54.5 Å². The summed E-state index contributed by atoms with van der Waals surface area (Å²) in [6.07, 6.45) is 0. The second-order valence-corrected chi connectivity index (χ2v) is 8.18. The number of rotatable bonds is 6. The molecule has 2 N–H and O–H groups in total. The number of hydrogen-bond donors (Lipinski definition) is 2. The lowest BCUT2D eigenvalue weighted by molar-refractivity contribution is -0.122. The van der Waals surface area contributed by atoms with E-state index < -0.39 is 6.04 Å². The van der Waals surface area contributed by atoms with Gasteiger partial charge in [-0.2, -0.15) is 0 Å². The van der Waals surface area contributed by atoms with E-state index in [9.17, 15) is 9.59 Å². The molecular weight excluding hydrogens is 362 g/mol. The Morgan fingerprint density at radius 2 is 1.17 bits per heavy atom. The second-order valence-electron chi connectivity index (χ2n) is 8.18. The first-order valence-electron chi connectivity index (χ1n) is 9.96. The number of nitrogens with one attached hydrogen (secondary N) is 2. The van der Waals surface area contributed by atoms with Gasteiger partial charge in [0.05, 0.1) is 12.6 Å². The summed E-state index contributed by atoms with van der Waals surface area (Å²) in [7, 11) is 1.79. The van der Waals surface area contributed by atoms with Crippen LogP contribution < -0.4 is 10.6 Å². The summed E-state index contributed by atoms with van der Waals surface area (Å²) in [6.45, 7) is 14.0. The van der Waals surface area contributed by atoms with Gasteiger partial charge in [-0.25, -0.2) is 0 Å². The van der Waals surface area contributed by atoms with Gasteiger partial charge in [-0.1, -0.05) is 35.4 Å². The third kappa shape index (κ3) is 5.67. The van der Waals surface area contributed by atoms with Gasteiger partial charge in [0.15, 0.2) is 0 Å². The Labute approximate surface area is 174 Å². The van der Waals surface area contributed by atoms with Crippen LogP contribution in [0.4, 0.5) is 11.4 Å². The maximum absolute atomic E-state index is 12.7. The fourth-order valence-electron chi connectivity index (χ4n) is 3.72. The summed E-state index contributed by atoms with van der Waals surface area (Å²) in [6, 6.07) is 7.76. The Morgan fingerprint density at radius 1 is 0.793 bits per heavy atom. The highest BCUT2D eigenvalue weighted by molar-refractivity contribution is 5.97. The van der Waals surface area contributed by atoms with E-state index in [-0.39, 0.29) is 18.4 Å². The van der Waals surface area contributed by atoms with Crippen molar-refractivity contribution in [1.29, 1.82) is 0 Å². The predicted octanol–water partition coefficient (Wildman–Crippen LogP) is 4.43. The average molecular weight is 396 g/mol. The molecule has 2 aromatic carbocycles. The highest BCUT2D eigenvalue weighted by Gasteiger charge is 2.22. The number of aryl methyl sites for hydroxylation is 6. The van der Waals surface area contributed by atoms with Crippen molar-refractivity contribution < 1.29 is 9.59 Å². The van der Waals surface area contributed by atoms with Crippen LogP contribution in [0.2, 0.25) is 0 Å². The lowest BCUT2D eigenvalue weighted by Gasteiger charge is -2.24. The van der Waals surface area contributed by atoms with Crippen LogP contribution in [0.3, 0.4) is 0 Å². The zero-order valence-corrected chi connectivity index (χ0v) is 18.9. The molecule has 0 saturated heterocycles. The highest BCUT2D eigenvalue weighted by atomic mass is 16.2. The molecule has 0 aliphatic rings. The third-order valence-corrected chi connectivity index (χ3v) is 5.30. The van der Waals surface area contributed by atoms with Crippen LogP contribution >= 0.6 is 0 Å². The maximum Gasteiger partial charge on any atom is 0.241 e. The Hall–Kier alpha value is -2.66. The first kappa shape index (κ1) is 22.6. The molecule has 0 saturated carbocycles. The predicted molar refractivity (Wildman–Crippen MR) is 121 cm³/mol. The van der Waals surface area contributed by atoms with Crippen molar-refractivity contribution in [2.75, 3.05) is 24.2 Å². The molecule has 1 atom stereocenters. The summed E-state index contributed by atoms with van der Waals surface area (Å²) < 4.78 is 0. The normalized spacial score (nSPS) is 12.0. The Bertz CT molecular complexity index is 888. The second kappa shape index (κ2) is 9.23. The van der Waals surface area contributed by atoms with Crippen molar-refractivity contribution >= 4 is 23.2 Å². The van der Waals surface area contributed by atoms with Crippen LogP contribution in [0.1, 0.15) is 40.3 Å². The molecule has 5 heteroatoms. The summed E-state index contributed by atoms with van der Waals surface area (Å²) in [4.78, 5) is 27.1. The van der Waals surface area contributed by atoms with Gasteiger partial charge in [-0.05, 0) is 77.8 Å². The molecule has 2 aromatic rings. The van der Waals surface area contributed by atoms with Crippen LogP contribution in [-0.4, -0.2) is 36.3 Å². The summed E-state index contributed by atoms with van der Waals surface area (Å²) in [5.41, 5.74) is 8.17. The fourth-order valence-corrected chi connectivity index (χ4v) is 3.72. The molecule has 0 radical (unpaired) electrons. The molecule has 0 heterocycles. The molecule has 5 nitrogen and oxygen atoms in total. The minimum atomic E-state index is -0.443. The van der Waals surface area contributed by atoms with E-state index in [1.165, 1.54) is 11.1 Å².